The molecule has 3 aliphatic rings. The number of amides is 4. The van der Waals surface area contributed by atoms with E-state index in [2.05, 4.69) is 39.6 Å². The molecule has 0 saturated carbocycles. The zero-order valence-corrected chi connectivity index (χ0v) is 35.3. The number of alkyl carbamates (subject to hydrolysis) is 1. The Morgan fingerprint density at radius 3 is 2.25 bits per heavy atom. The molecule has 2 aromatic heterocycles. The smallest absolute Gasteiger partial charge is 0.407 e. The topological polar surface area (TPSA) is 216 Å². The highest BCUT2D eigenvalue weighted by molar-refractivity contribution is 6.07. The number of ether oxygens (including phenoxy) is 5. The van der Waals surface area contributed by atoms with Crippen molar-refractivity contribution in [3.63, 3.8) is 0 Å². The fraction of sp³-hybridized carbons (Fsp3) is 0.455. The van der Waals surface area contributed by atoms with E-state index in [0.717, 1.165) is 68.3 Å². The van der Waals surface area contributed by atoms with Crippen LogP contribution in [0.3, 0.4) is 0 Å². The van der Waals surface area contributed by atoms with E-state index in [1.165, 1.54) is 21.3 Å². The maximum atomic E-state index is 13.9. The van der Waals surface area contributed by atoms with Gasteiger partial charge < -0.3 is 54.5 Å². The molecule has 5 heterocycles. The first-order valence-electron chi connectivity index (χ1n) is 20.6. The summed E-state index contributed by atoms with van der Waals surface area (Å²) in [4.78, 5) is 71.9. The number of nitrogens with zero attached hydrogens (tertiary/aromatic N) is 4. The third-order valence-corrected chi connectivity index (χ3v) is 12.6. The lowest BCUT2D eigenvalue weighted by Crippen LogP contribution is -2.55. The molecule has 0 radical (unpaired) electrons. The highest BCUT2D eigenvalue weighted by Crippen LogP contribution is 2.44. The number of nitrogens with one attached hydrogen (secondary N) is 3. The minimum absolute atomic E-state index is 0.0767. The van der Waals surface area contributed by atoms with Crippen molar-refractivity contribution in [2.75, 3.05) is 21.3 Å². The van der Waals surface area contributed by atoms with Crippen molar-refractivity contribution in [2.45, 2.75) is 109 Å². The number of hydrogen-bond donors (Lipinski definition) is 4. The van der Waals surface area contributed by atoms with E-state index < -0.39 is 36.5 Å². The maximum Gasteiger partial charge on any atom is 0.407 e. The van der Waals surface area contributed by atoms with Crippen molar-refractivity contribution in [1.82, 2.24) is 35.1 Å². The minimum Gasteiger partial charge on any atom is -0.488 e. The van der Waals surface area contributed by atoms with Gasteiger partial charge >= 0.3 is 12.2 Å². The van der Waals surface area contributed by atoms with Crippen LogP contribution in [0.5, 0.6) is 5.75 Å². The molecule has 5 N–H and O–H groups in total. The van der Waals surface area contributed by atoms with Crippen LogP contribution in [0.4, 0.5) is 9.59 Å². The second-order valence-corrected chi connectivity index (χ2v) is 16.2. The number of hydrogen-bond acceptors (Lipinski definition) is 11. The number of H-pyrrole nitrogens is 2. The first-order chi connectivity index (χ1) is 29.3. The van der Waals surface area contributed by atoms with Crippen molar-refractivity contribution >= 4 is 45.8 Å². The molecular formula is C44H52N8O9. The Balaban J connectivity index is 1.05. The van der Waals surface area contributed by atoms with Crippen LogP contribution in [0.2, 0.25) is 0 Å². The Labute approximate surface area is 352 Å². The van der Waals surface area contributed by atoms with Crippen molar-refractivity contribution in [1.29, 1.82) is 0 Å². The SMILES string of the molecule is COC(=O)N[C@H](C(=O)N1[C@@H](C)CC[C@H]1c1ncc(-c2ccc3c(c2)COc2cc4c(ccc5nc([C@@H]6CC[C@H](C)N6C(=O)[C@@H](OC(N)=O)[C@@H](C)OC)[nH]c54)cc2-3)[nH]1)[C@@H](C)OC. The Bertz CT molecular complexity index is 2500. The molecule has 2 saturated heterocycles. The predicted molar refractivity (Wildman–Crippen MR) is 224 cm³/mol. The van der Waals surface area contributed by atoms with Gasteiger partial charge in [0, 0.05) is 37.3 Å². The average Bonchev–Trinajstić information content (AvgIpc) is 4.08. The van der Waals surface area contributed by atoms with Crippen LogP contribution in [0, 0.1) is 0 Å². The summed E-state index contributed by atoms with van der Waals surface area (Å²) in [7, 11) is 4.21. The number of methoxy groups -OCH3 is 3. The highest BCUT2D eigenvalue weighted by Gasteiger charge is 2.44. The molecule has 3 aliphatic heterocycles. The molecule has 0 spiro atoms. The van der Waals surface area contributed by atoms with Gasteiger partial charge in [0.15, 0.2) is 0 Å². The maximum absolute atomic E-state index is 13.9. The largest absolute Gasteiger partial charge is 0.488 e. The monoisotopic (exact) mass is 836 g/mol. The number of carbonyl (C=O) groups excluding carboxylic acids is 4. The molecular weight excluding hydrogens is 785 g/mol. The van der Waals surface area contributed by atoms with Gasteiger partial charge in [-0.2, -0.15) is 0 Å². The summed E-state index contributed by atoms with van der Waals surface area (Å²) in [5.41, 5.74) is 11.7. The van der Waals surface area contributed by atoms with Gasteiger partial charge in [-0.15, -0.1) is 0 Å². The van der Waals surface area contributed by atoms with Crippen molar-refractivity contribution in [2.24, 2.45) is 5.73 Å². The van der Waals surface area contributed by atoms with Gasteiger partial charge in [-0.05, 0) is 99.7 Å². The Morgan fingerprint density at radius 2 is 1.56 bits per heavy atom. The molecule has 0 bridgehead atoms. The number of carbonyl (C=O) groups is 4. The third kappa shape index (κ3) is 7.60. The lowest BCUT2D eigenvalue weighted by Gasteiger charge is -2.33. The van der Waals surface area contributed by atoms with E-state index in [9.17, 15) is 19.2 Å². The Morgan fingerprint density at radius 1 is 0.852 bits per heavy atom. The number of fused-ring (bicyclic) bond motifs is 6. The van der Waals surface area contributed by atoms with Crippen LogP contribution < -0.4 is 15.8 Å². The highest BCUT2D eigenvalue weighted by atomic mass is 16.6. The van der Waals surface area contributed by atoms with E-state index in [4.69, 9.17) is 39.4 Å². The quantitative estimate of drug-likeness (QED) is 0.121. The summed E-state index contributed by atoms with van der Waals surface area (Å²) >= 11 is 0. The lowest BCUT2D eigenvalue weighted by atomic mass is 9.92. The fourth-order valence-electron chi connectivity index (χ4n) is 9.14. The molecule has 8 atom stereocenters. The third-order valence-electron chi connectivity index (χ3n) is 12.6. The van der Waals surface area contributed by atoms with E-state index >= 15 is 0 Å². The molecule has 322 valence electrons. The summed E-state index contributed by atoms with van der Waals surface area (Å²) in [5.74, 6) is 1.40. The summed E-state index contributed by atoms with van der Waals surface area (Å²) < 4.78 is 27.3. The van der Waals surface area contributed by atoms with Gasteiger partial charge in [-0.25, -0.2) is 19.6 Å². The normalized spacial score (nSPS) is 21.6. The number of nitrogens with two attached hydrogens (primary N) is 1. The lowest BCUT2D eigenvalue weighted by molar-refractivity contribution is -0.150. The molecule has 17 heteroatoms. The molecule has 3 aromatic carbocycles. The molecule has 2 fully saturated rings. The number of aromatic nitrogens is 4. The standard InChI is InChI=1S/C44H52N8O9/c1-21-8-14-33(51(21)41(53)36(23(3)57-5)50-44(56)59-7)39-46-19-32(48-39)26-10-12-28-27(16-26)20-60-35-18-29-25(17-30(28)35)11-13-31-37(29)49-40(47-31)34-15-9-22(2)52(34)42(54)38(24(4)58-6)61-43(45)55/h10-13,16-19,21-24,33-34,36,38H,8-9,14-15,20H2,1-7H3,(H2,45,55)(H,46,48)(H,47,49)(H,50,56)/t21-,22-,23+,24+,33-,34-,36-,38-/m0/s1. The summed E-state index contributed by atoms with van der Waals surface area (Å²) in [6.45, 7) is 7.71. The van der Waals surface area contributed by atoms with Gasteiger partial charge in [0.2, 0.25) is 12.0 Å². The van der Waals surface area contributed by atoms with Crippen LogP contribution in [-0.2, 0) is 35.1 Å². The van der Waals surface area contributed by atoms with E-state index in [1.807, 2.05) is 32.0 Å². The molecule has 8 rings (SSSR count). The molecule has 5 aromatic rings. The van der Waals surface area contributed by atoms with Crippen molar-refractivity contribution in [3.8, 4) is 28.1 Å². The minimum atomic E-state index is -1.19. The number of imidazole rings is 2. The molecule has 0 unspecified atom stereocenters. The molecule has 17 nitrogen and oxygen atoms in total. The van der Waals surface area contributed by atoms with Gasteiger partial charge in [0.1, 0.15) is 36.2 Å². The van der Waals surface area contributed by atoms with Crippen molar-refractivity contribution in [3.05, 3.63) is 65.9 Å². The zero-order chi connectivity index (χ0) is 43.3. The van der Waals surface area contributed by atoms with Crippen molar-refractivity contribution < 1.29 is 42.9 Å². The summed E-state index contributed by atoms with van der Waals surface area (Å²) in [6, 6.07) is 12.6. The van der Waals surface area contributed by atoms with Crippen LogP contribution in [0.1, 0.15) is 82.7 Å². The summed E-state index contributed by atoms with van der Waals surface area (Å²) in [6.07, 6.45) is 0.471. The Hall–Kier alpha value is -6.20. The average molecular weight is 837 g/mol. The molecule has 61 heavy (non-hydrogen) atoms. The van der Waals surface area contributed by atoms with Gasteiger partial charge in [0.05, 0.1) is 48.2 Å². The number of benzene rings is 3. The Kier molecular flexibility index (Phi) is 11.4. The first kappa shape index (κ1) is 41.5. The molecule has 4 amide bonds. The second-order valence-electron chi connectivity index (χ2n) is 16.2. The number of aromatic amines is 2. The van der Waals surface area contributed by atoms with E-state index in [-0.39, 0.29) is 36.0 Å². The van der Waals surface area contributed by atoms with Crippen LogP contribution >= 0.6 is 0 Å². The number of primary amides is 1. The van der Waals surface area contributed by atoms with E-state index in [1.54, 1.807) is 29.8 Å². The number of likely N-dealkylation sites (tertiary alicyclic amines) is 2. The van der Waals surface area contributed by atoms with Gasteiger partial charge in [-0.1, -0.05) is 18.2 Å². The van der Waals surface area contributed by atoms with E-state index in [0.29, 0.717) is 31.1 Å². The van der Waals surface area contributed by atoms with Crippen LogP contribution in [-0.4, -0.2) is 112 Å². The predicted octanol–water partition coefficient (Wildman–Crippen LogP) is 6.03. The van der Waals surface area contributed by atoms with Crippen LogP contribution in [0.15, 0.2) is 48.7 Å². The van der Waals surface area contributed by atoms with Gasteiger partial charge in [0.25, 0.3) is 5.91 Å². The summed E-state index contributed by atoms with van der Waals surface area (Å²) in [5, 5.41) is 4.57. The zero-order valence-electron chi connectivity index (χ0n) is 35.3. The second kappa shape index (κ2) is 16.7. The number of rotatable bonds is 11. The fourth-order valence-corrected chi connectivity index (χ4v) is 9.14. The van der Waals surface area contributed by atoms with Gasteiger partial charge in [-0.3, -0.25) is 9.59 Å². The first-order valence-corrected chi connectivity index (χ1v) is 20.6. The molecule has 0 aliphatic carbocycles. The van der Waals surface area contributed by atoms with Crippen LogP contribution in [0.25, 0.3) is 44.2 Å².